The quantitative estimate of drug-likeness (QED) is 0.560. The van der Waals surface area contributed by atoms with Crippen LogP contribution < -0.4 is 10.6 Å². The van der Waals surface area contributed by atoms with Crippen molar-refractivity contribution in [3.05, 3.63) is 77.2 Å². The molecule has 0 spiro atoms. The number of ether oxygens (including phenoxy) is 1. The summed E-state index contributed by atoms with van der Waals surface area (Å²) in [5, 5.41) is 11.0. The maximum absolute atomic E-state index is 14.0. The molecule has 2 aromatic carbocycles. The summed E-state index contributed by atoms with van der Waals surface area (Å²) < 4.78 is 21.0. The van der Waals surface area contributed by atoms with E-state index in [1.165, 1.54) is 6.07 Å². The number of benzene rings is 2. The van der Waals surface area contributed by atoms with Gasteiger partial charge >= 0.3 is 6.03 Å². The Kier molecular flexibility index (Phi) is 6.60. The Hall–Kier alpha value is -3.23. The zero-order valence-corrected chi connectivity index (χ0v) is 19.3. The molecule has 1 aromatic heterocycles. The van der Waals surface area contributed by atoms with Crippen LogP contribution in [-0.4, -0.2) is 60.1 Å². The van der Waals surface area contributed by atoms with Crippen LogP contribution in [0.5, 0.6) is 0 Å². The van der Waals surface area contributed by atoms with Gasteiger partial charge in [-0.3, -0.25) is 10.2 Å². The van der Waals surface area contributed by atoms with E-state index in [2.05, 4.69) is 15.5 Å². The molecule has 0 radical (unpaired) electrons. The molecule has 2 atom stereocenters. The summed E-state index contributed by atoms with van der Waals surface area (Å²) in [4.78, 5) is 15.5. The van der Waals surface area contributed by atoms with Crippen LogP contribution in [0.1, 0.15) is 29.2 Å². The van der Waals surface area contributed by atoms with Crippen LogP contribution in [0.3, 0.4) is 0 Å². The third-order valence-corrected chi connectivity index (χ3v) is 6.74. The van der Waals surface area contributed by atoms with Crippen LogP contribution in [0.2, 0.25) is 0 Å². The lowest BCUT2D eigenvalue weighted by Crippen LogP contribution is -2.42. The van der Waals surface area contributed by atoms with Crippen molar-refractivity contribution in [1.82, 2.24) is 20.0 Å². The molecule has 7 nitrogen and oxygen atoms in total. The summed E-state index contributed by atoms with van der Waals surface area (Å²) >= 11 is 0. The first-order valence-corrected chi connectivity index (χ1v) is 11.8. The Labute approximate surface area is 198 Å². The number of para-hydroxylation sites is 1. The lowest BCUT2D eigenvalue weighted by atomic mass is 9.94. The highest BCUT2D eigenvalue weighted by molar-refractivity contribution is 5.90. The maximum Gasteiger partial charge on any atom is 0.320 e. The van der Waals surface area contributed by atoms with Gasteiger partial charge in [-0.2, -0.15) is 5.10 Å². The molecule has 2 aliphatic rings. The highest BCUT2D eigenvalue weighted by Gasteiger charge is 2.35. The van der Waals surface area contributed by atoms with E-state index >= 15 is 0 Å². The van der Waals surface area contributed by atoms with E-state index in [0.717, 1.165) is 60.7 Å². The first-order chi connectivity index (χ1) is 16.6. The molecule has 178 valence electrons. The monoisotopic (exact) mass is 463 g/mol. The summed E-state index contributed by atoms with van der Waals surface area (Å²) in [6.45, 7) is 2.77. The van der Waals surface area contributed by atoms with E-state index in [1.807, 2.05) is 41.1 Å². The number of carbonyl (C=O) groups excluding carboxylic acids is 1. The van der Waals surface area contributed by atoms with Crippen molar-refractivity contribution < 1.29 is 13.9 Å². The minimum Gasteiger partial charge on any atom is -0.383 e. The van der Waals surface area contributed by atoms with Gasteiger partial charge in [-0.1, -0.05) is 30.3 Å². The molecule has 1 aliphatic heterocycles. The molecule has 2 N–H and O–H groups in total. The number of nitrogens with one attached hydrogen (secondary N) is 2. The molecule has 1 unspecified atom stereocenters. The number of carbonyl (C=O) groups is 1. The average Bonchev–Trinajstić information content (AvgIpc) is 3.54. The Morgan fingerprint density at radius 3 is 2.79 bits per heavy atom. The number of methoxy groups -OCH3 is 1. The number of hydrogen-bond acceptors (Lipinski definition) is 4. The zero-order valence-electron chi connectivity index (χ0n) is 19.3. The van der Waals surface area contributed by atoms with Gasteiger partial charge in [0.1, 0.15) is 11.6 Å². The van der Waals surface area contributed by atoms with Gasteiger partial charge < -0.3 is 10.1 Å². The third kappa shape index (κ3) is 4.69. The highest BCUT2D eigenvalue weighted by Crippen LogP contribution is 2.32. The Bertz CT molecular complexity index is 1150. The predicted octanol–water partition coefficient (Wildman–Crippen LogP) is 3.74. The molecule has 0 saturated carbocycles. The first kappa shape index (κ1) is 22.6. The summed E-state index contributed by atoms with van der Waals surface area (Å²) in [7, 11) is 1.68. The Morgan fingerprint density at radius 2 is 2.00 bits per heavy atom. The highest BCUT2D eigenvalue weighted by atomic mass is 19.1. The number of halogens is 1. The zero-order chi connectivity index (χ0) is 23.5. The number of aromatic nitrogens is 2. The third-order valence-electron chi connectivity index (χ3n) is 6.74. The number of likely N-dealkylation sites (tertiary alicyclic amines) is 1. The minimum atomic E-state index is -0.272. The second-order valence-corrected chi connectivity index (χ2v) is 8.99. The molecule has 1 saturated heterocycles. The van der Waals surface area contributed by atoms with E-state index in [1.54, 1.807) is 19.2 Å². The fourth-order valence-electron chi connectivity index (χ4n) is 5.10. The maximum atomic E-state index is 14.0. The smallest absolute Gasteiger partial charge is 0.320 e. The van der Waals surface area contributed by atoms with Crippen molar-refractivity contribution >= 4 is 11.8 Å². The van der Waals surface area contributed by atoms with Crippen molar-refractivity contribution in [1.29, 1.82) is 0 Å². The van der Waals surface area contributed by atoms with Crippen molar-refractivity contribution in [2.75, 3.05) is 38.7 Å². The van der Waals surface area contributed by atoms with Gasteiger partial charge in [-0.25, -0.2) is 13.9 Å². The number of aryl methyl sites for hydroxylation is 1. The van der Waals surface area contributed by atoms with Crippen molar-refractivity contribution in [3.8, 4) is 5.69 Å². The largest absolute Gasteiger partial charge is 0.383 e. The van der Waals surface area contributed by atoms with Gasteiger partial charge in [0.05, 0.1) is 24.0 Å². The van der Waals surface area contributed by atoms with Gasteiger partial charge in [0, 0.05) is 38.2 Å². The molecule has 8 heteroatoms. The minimum absolute atomic E-state index is 0.0111. The van der Waals surface area contributed by atoms with Crippen LogP contribution in [0.4, 0.5) is 15.0 Å². The second kappa shape index (κ2) is 9.95. The fourth-order valence-corrected chi connectivity index (χ4v) is 5.10. The second-order valence-electron chi connectivity index (χ2n) is 8.99. The number of amides is 2. The fraction of sp³-hybridized carbons (Fsp3) is 0.385. The standard InChI is InChI=1S/C26H30FN5O2/c1-34-14-13-31-16-22(18-7-5-8-19(27)15-18)24(17-31)28-26(33)29-25-21-11-6-12-23(21)30-32(25)20-9-3-2-4-10-20/h2-5,7-10,15,22,24H,6,11-14,16-17H2,1H3,(H2,28,29,33)/t22?,24-/m1/s1. The number of fused-ring (bicyclic) bond motifs is 1. The summed E-state index contributed by atoms with van der Waals surface area (Å²) in [6.07, 6.45) is 2.87. The summed E-state index contributed by atoms with van der Waals surface area (Å²) in [5.74, 6) is 0.453. The van der Waals surface area contributed by atoms with Crippen LogP contribution >= 0.6 is 0 Å². The number of hydrogen-bond donors (Lipinski definition) is 2. The van der Waals surface area contributed by atoms with E-state index in [0.29, 0.717) is 13.2 Å². The number of nitrogens with zero attached hydrogens (tertiary/aromatic N) is 3. The Balaban J connectivity index is 1.36. The SMILES string of the molecule is COCCN1CC(c2cccc(F)c2)[C@H](NC(=O)Nc2c3c(nn2-c2ccccc2)CCC3)C1. The molecule has 34 heavy (non-hydrogen) atoms. The molecule has 1 aliphatic carbocycles. The first-order valence-electron chi connectivity index (χ1n) is 11.8. The lowest BCUT2D eigenvalue weighted by molar-refractivity contribution is 0.159. The number of urea groups is 1. The van der Waals surface area contributed by atoms with E-state index in [9.17, 15) is 9.18 Å². The summed E-state index contributed by atoms with van der Waals surface area (Å²) in [5.41, 5.74) is 3.95. The van der Waals surface area contributed by atoms with E-state index < -0.39 is 0 Å². The van der Waals surface area contributed by atoms with Gasteiger partial charge in [-0.05, 0) is 49.1 Å². The molecule has 2 heterocycles. The lowest BCUT2D eigenvalue weighted by Gasteiger charge is -2.21. The summed E-state index contributed by atoms with van der Waals surface area (Å²) in [6, 6.07) is 16.1. The number of anilines is 1. The van der Waals surface area contributed by atoms with E-state index in [4.69, 9.17) is 9.84 Å². The van der Waals surface area contributed by atoms with Crippen LogP contribution in [-0.2, 0) is 17.6 Å². The predicted molar refractivity (Wildman–Crippen MR) is 129 cm³/mol. The van der Waals surface area contributed by atoms with Gasteiger partial charge in [0.2, 0.25) is 0 Å². The average molecular weight is 464 g/mol. The van der Waals surface area contributed by atoms with Crippen molar-refractivity contribution in [2.24, 2.45) is 0 Å². The normalized spacial score (nSPS) is 19.8. The molecule has 2 amide bonds. The van der Waals surface area contributed by atoms with Crippen molar-refractivity contribution in [2.45, 2.75) is 31.2 Å². The van der Waals surface area contributed by atoms with Gasteiger partial charge in [0.15, 0.2) is 0 Å². The van der Waals surface area contributed by atoms with Crippen LogP contribution in [0.15, 0.2) is 54.6 Å². The van der Waals surface area contributed by atoms with Crippen molar-refractivity contribution in [3.63, 3.8) is 0 Å². The molecule has 0 bridgehead atoms. The van der Waals surface area contributed by atoms with Gasteiger partial charge in [0.25, 0.3) is 0 Å². The molecular formula is C26H30FN5O2. The molecular weight excluding hydrogens is 433 g/mol. The molecule has 1 fully saturated rings. The molecule has 3 aromatic rings. The number of rotatable bonds is 7. The molecule has 5 rings (SSSR count). The van der Waals surface area contributed by atoms with Crippen LogP contribution in [0.25, 0.3) is 5.69 Å². The van der Waals surface area contributed by atoms with Crippen LogP contribution in [0, 0.1) is 5.82 Å². The Morgan fingerprint density at radius 1 is 1.15 bits per heavy atom. The topological polar surface area (TPSA) is 71.4 Å². The van der Waals surface area contributed by atoms with E-state index in [-0.39, 0.29) is 23.8 Å². The van der Waals surface area contributed by atoms with Gasteiger partial charge in [-0.15, -0.1) is 0 Å².